The molecule has 3 aliphatic carbocycles. The minimum atomic E-state index is -0.161. The van der Waals surface area contributed by atoms with Crippen molar-refractivity contribution >= 4 is 11.5 Å². The van der Waals surface area contributed by atoms with Gasteiger partial charge in [0.25, 0.3) is 0 Å². The molecule has 138 valence electrons. The first-order valence-corrected chi connectivity index (χ1v) is 9.78. The molecule has 3 atom stereocenters. The summed E-state index contributed by atoms with van der Waals surface area (Å²) in [5, 5.41) is 0. The van der Waals surface area contributed by atoms with E-state index >= 15 is 0 Å². The van der Waals surface area contributed by atoms with Crippen molar-refractivity contribution < 1.29 is 14.3 Å². The summed E-state index contributed by atoms with van der Waals surface area (Å²) in [5.74, 6) is 1.26. The van der Waals surface area contributed by atoms with Crippen LogP contribution in [0.25, 0.3) is 5.57 Å². The van der Waals surface area contributed by atoms with Crippen LogP contribution in [0.1, 0.15) is 57.6 Å². The van der Waals surface area contributed by atoms with Gasteiger partial charge in [0.2, 0.25) is 0 Å². The van der Waals surface area contributed by atoms with E-state index in [1.54, 1.807) is 7.11 Å². The van der Waals surface area contributed by atoms with Crippen molar-refractivity contribution in [1.82, 2.24) is 0 Å². The molecule has 0 unspecified atom stereocenters. The largest absolute Gasteiger partial charge is 0.497 e. The van der Waals surface area contributed by atoms with Crippen LogP contribution >= 0.6 is 0 Å². The second kappa shape index (κ2) is 6.29. The molecule has 3 heteroatoms. The highest BCUT2D eigenvalue weighted by Crippen LogP contribution is 2.59. The SMILES string of the molecule is CC[C@]12CCC3=C(C1=CC[C@H]2OC(C)=O)[C@H](C)Cc1cc(OC)ccc13. The second-order valence-electron chi connectivity index (χ2n) is 7.98. The number of hydrogen-bond donors (Lipinski definition) is 0. The Kier molecular flexibility index (Phi) is 4.21. The van der Waals surface area contributed by atoms with E-state index in [-0.39, 0.29) is 17.5 Å². The highest BCUT2D eigenvalue weighted by atomic mass is 16.5. The van der Waals surface area contributed by atoms with E-state index in [9.17, 15) is 4.79 Å². The van der Waals surface area contributed by atoms with E-state index in [1.165, 1.54) is 34.8 Å². The van der Waals surface area contributed by atoms with E-state index in [0.29, 0.717) is 5.92 Å². The summed E-state index contributed by atoms with van der Waals surface area (Å²) in [6, 6.07) is 6.50. The molecular formula is C23H28O3. The zero-order valence-corrected chi connectivity index (χ0v) is 16.2. The Morgan fingerprint density at radius 3 is 2.85 bits per heavy atom. The molecule has 0 radical (unpaired) electrons. The Balaban J connectivity index is 1.80. The van der Waals surface area contributed by atoms with Crippen LogP contribution in [0.3, 0.4) is 0 Å². The van der Waals surface area contributed by atoms with Crippen LogP contribution in [0.4, 0.5) is 0 Å². The third-order valence-corrected chi connectivity index (χ3v) is 6.72. The lowest BCUT2D eigenvalue weighted by molar-refractivity contribution is -0.151. The molecule has 0 fully saturated rings. The number of esters is 1. The first-order valence-electron chi connectivity index (χ1n) is 9.78. The van der Waals surface area contributed by atoms with Crippen molar-refractivity contribution in [1.29, 1.82) is 0 Å². The molecule has 4 rings (SSSR count). The van der Waals surface area contributed by atoms with Gasteiger partial charge in [-0.3, -0.25) is 4.79 Å². The predicted octanol–water partition coefficient (Wildman–Crippen LogP) is 5.09. The van der Waals surface area contributed by atoms with Gasteiger partial charge in [-0.1, -0.05) is 26.0 Å². The predicted molar refractivity (Wildman–Crippen MR) is 103 cm³/mol. The van der Waals surface area contributed by atoms with E-state index in [4.69, 9.17) is 9.47 Å². The molecule has 3 aliphatic rings. The van der Waals surface area contributed by atoms with Crippen LogP contribution in [0.5, 0.6) is 5.75 Å². The smallest absolute Gasteiger partial charge is 0.302 e. The Morgan fingerprint density at radius 2 is 2.15 bits per heavy atom. The lowest BCUT2D eigenvalue weighted by atomic mass is 9.61. The number of carbonyl (C=O) groups is 1. The van der Waals surface area contributed by atoms with Gasteiger partial charge in [-0.15, -0.1) is 0 Å². The first kappa shape index (κ1) is 17.4. The number of benzene rings is 1. The molecule has 3 nitrogen and oxygen atoms in total. The van der Waals surface area contributed by atoms with Gasteiger partial charge in [-0.25, -0.2) is 0 Å². The van der Waals surface area contributed by atoms with Crippen LogP contribution < -0.4 is 4.74 Å². The van der Waals surface area contributed by atoms with Crippen LogP contribution in [0, 0.1) is 11.3 Å². The summed E-state index contributed by atoms with van der Waals surface area (Å²) >= 11 is 0. The maximum atomic E-state index is 11.6. The van der Waals surface area contributed by atoms with Crippen molar-refractivity contribution in [3.05, 3.63) is 46.5 Å². The van der Waals surface area contributed by atoms with Gasteiger partial charge < -0.3 is 9.47 Å². The molecule has 0 aromatic heterocycles. The molecule has 0 saturated carbocycles. The molecule has 1 aromatic rings. The molecule has 0 saturated heterocycles. The van der Waals surface area contributed by atoms with Crippen LogP contribution in [0.15, 0.2) is 35.4 Å². The van der Waals surface area contributed by atoms with Crippen molar-refractivity contribution in [2.75, 3.05) is 7.11 Å². The average Bonchev–Trinajstić information content (AvgIpc) is 2.99. The summed E-state index contributed by atoms with van der Waals surface area (Å²) in [5.41, 5.74) is 7.27. The molecule has 0 aliphatic heterocycles. The highest BCUT2D eigenvalue weighted by Gasteiger charge is 2.50. The normalized spacial score (nSPS) is 29.5. The molecule has 1 aromatic carbocycles. The van der Waals surface area contributed by atoms with Crippen molar-refractivity contribution in [3.8, 4) is 5.75 Å². The summed E-state index contributed by atoms with van der Waals surface area (Å²) < 4.78 is 11.2. The first-order chi connectivity index (χ1) is 12.5. The Morgan fingerprint density at radius 1 is 1.35 bits per heavy atom. The van der Waals surface area contributed by atoms with Crippen LogP contribution in [-0.4, -0.2) is 19.2 Å². The summed E-state index contributed by atoms with van der Waals surface area (Å²) in [4.78, 5) is 11.6. The van der Waals surface area contributed by atoms with Gasteiger partial charge in [0.1, 0.15) is 11.9 Å². The van der Waals surface area contributed by atoms with Gasteiger partial charge in [0.05, 0.1) is 7.11 Å². The fraction of sp³-hybridized carbons (Fsp3) is 0.522. The van der Waals surface area contributed by atoms with Gasteiger partial charge in [-0.05, 0) is 71.6 Å². The number of hydrogen-bond acceptors (Lipinski definition) is 3. The van der Waals surface area contributed by atoms with Crippen LogP contribution in [-0.2, 0) is 16.0 Å². The lowest BCUT2D eigenvalue weighted by Gasteiger charge is -2.45. The third-order valence-electron chi connectivity index (χ3n) is 6.72. The van der Waals surface area contributed by atoms with E-state index in [1.807, 2.05) is 0 Å². The summed E-state index contributed by atoms with van der Waals surface area (Å²) in [7, 11) is 1.73. The fourth-order valence-corrected chi connectivity index (χ4v) is 5.54. The number of allylic oxidation sites excluding steroid dienone is 2. The number of fused-ring (bicyclic) bond motifs is 4. The maximum Gasteiger partial charge on any atom is 0.302 e. The molecule has 0 heterocycles. The minimum absolute atomic E-state index is 0.00138. The third kappa shape index (κ3) is 2.44. The molecule has 0 bridgehead atoms. The van der Waals surface area contributed by atoms with Crippen molar-refractivity contribution in [2.24, 2.45) is 11.3 Å². The highest BCUT2D eigenvalue weighted by molar-refractivity contribution is 5.80. The Labute approximate surface area is 156 Å². The molecular weight excluding hydrogens is 324 g/mol. The quantitative estimate of drug-likeness (QED) is 0.711. The molecule has 0 spiro atoms. The minimum Gasteiger partial charge on any atom is -0.497 e. The summed E-state index contributed by atoms with van der Waals surface area (Å²) in [6.45, 7) is 6.11. The monoisotopic (exact) mass is 352 g/mol. The number of rotatable bonds is 3. The zero-order chi connectivity index (χ0) is 18.5. The van der Waals surface area contributed by atoms with E-state index < -0.39 is 0 Å². The van der Waals surface area contributed by atoms with Crippen molar-refractivity contribution in [2.45, 2.75) is 59.0 Å². The molecule has 26 heavy (non-hydrogen) atoms. The Bertz CT molecular complexity index is 817. The van der Waals surface area contributed by atoms with Gasteiger partial charge >= 0.3 is 5.97 Å². The van der Waals surface area contributed by atoms with E-state index in [0.717, 1.165) is 37.9 Å². The lowest BCUT2D eigenvalue weighted by Crippen LogP contribution is -2.39. The average molecular weight is 352 g/mol. The van der Waals surface area contributed by atoms with Gasteiger partial charge in [0.15, 0.2) is 0 Å². The number of ether oxygens (including phenoxy) is 2. The van der Waals surface area contributed by atoms with Gasteiger partial charge in [-0.2, -0.15) is 0 Å². The maximum absolute atomic E-state index is 11.6. The second-order valence-corrected chi connectivity index (χ2v) is 7.98. The topological polar surface area (TPSA) is 35.5 Å². The fourth-order valence-electron chi connectivity index (χ4n) is 5.54. The van der Waals surface area contributed by atoms with Crippen LogP contribution in [0.2, 0.25) is 0 Å². The van der Waals surface area contributed by atoms with Crippen molar-refractivity contribution in [3.63, 3.8) is 0 Å². The standard InChI is InChI=1S/C23H28O3/c1-5-23-11-10-19-18-7-6-17(25-4)13-16(18)12-14(2)22(19)20(23)8-9-21(23)26-15(3)24/h6-8,13-14,21H,5,9-12H2,1-4H3/t14-,21-,23+/m1/s1. The number of methoxy groups -OCH3 is 1. The number of carbonyl (C=O) groups excluding carboxylic acids is 1. The molecule has 0 amide bonds. The van der Waals surface area contributed by atoms with Gasteiger partial charge in [0, 0.05) is 18.8 Å². The molecule has 0 N–H and O–H groups in total. The summed E-state index contributed by atoms with van der Waals surface area (Å²) in [6.07, 6.45) is 7.39. The zero-order valence-electron chi connectivity index (χ0n) is 16.2. The van der Waals surface area contributed by atoms with E-state index in [2.05, 4.69) is 38.1 Å². The Hall–Kier alpha value is -2.03.